The van der Waals surface area contributed by atoms with Crippen LogP contribution in [-0.2, 0) is 4.79 Å². The minimum Gasteiger partial charge on any atom is -0.344 e. The van der Waals surface area contributed by atoms with E-state index in [2.05, 4.69) is 9.80 Å². The number of alkyl halides is 6. The fourth-order valence-electron chi connectivity index (χ4n) is 7.16. The van der Waals surface area contributed by atoms with Crippen LogP contribution in [0, 0.1) is 23.7 Å². The van der Waals surface area contributed by atoms with Gasteiger partial charge in [0.1, 0.15) is 0 Å². The van der Waals surface area contributed by atoms with E-state index in [0.717, 1.165) is 51.9 Å². The first-order chi connectivity index (χ1) is 17.4. The number of nitrogens with zero attached hydrogens (tertiary/aromatic N) is 3. The maximum atomic E-state index is 13.8. The molecular formula is C27H43F6N3O. The first-order valence-corrected chi connectivity index (χ1v) is 14.3. The van der Waals surface area contributed by atoms with Crippen molar-refractivity contribution in [2.75, 3.05) is 39.8 Å². The van der Waals surface area contributed by atoms with Crippen LogP contribution in [0.4, 0.5) is 26.3 Å². The van der Waals surface area contributed by atoms with E-state index in [9.17, 15) is 31.1 Å². The van der Waals surface area contributed by atoms with Gasteiger partial charge in [-0.3, -0.25) is 14.6 Å². The average Bonchev–Trinajstić information content (AvgIpc) is 2.82. The Labute approximate surface area is 217 Å². The summed E-state index contributed by atoms with van der Waals surface area (Å²) in [4.78, 5) is 20.2. The standard InChI is InChI=1S/C27H43F6N3O/c1-34(11-10-19-16-21(26(28,29)30)18-22(17-19)27(31,32)33)25(37)24(20-6-3-2-4-7-20)36-14-12-35(13-15-36)23-8-5-9-23/h19-24H,2-18H2,1H3. The normalized spacial score (nSPS) is 30.6. The molecule has 3 saturated carbocycles. The van der Waals surface area contributed by atoms with Gasteiger partial charge in [-0.15, -0.1) is 0 Å². The number of carbonyl (C=O) groups is 1. The van der Waals surface area contributed by atoms with Gasteiger partial charge in [0, 0.05) is 45.8 Å². The second-order valence-corrected chi connectivity index (χ2v) is 12.1. The molecular weight excluding hydrogens is 496 g/mol. The van der Waals surface area contributed by atoms with Gasteiger partial charge in [0.25, 0.3) is 0 Å². The molecule has 4 aliphatic rings. The summed E-state index contributed by atoms with van der Waals surface area (Å²) < 4.78 is 80.3. The zero-order chi connectivity index (χ0) is 26.8. The lowest BCUT2D eigenvalue weighted by Gasteiger charge is -2.47. The Kier molecular flexibility index (Phi) is 9.40. The molecule has 3 aliphatic carbocycles. The predicted molar refractivity (Wildman–Crippen MR) is 130 cm³/mol. The smallest absolute Gasteiger partial charge is 0.344 e. The van der Waals surface area contributed by atoms with Crippen molar-refractivity contribution >= 4 is 5.91 Å². The molecule has 1 heterocycles. The molecule has 0 radical (unpaired) electrons. The minimum absolute atomic E-state index is 0.0143. The summed E-state index contributed by atoms with van der Waals surface area (Å²) >= 11 is 0. The summed E-state index contributed by atoms with van der Waals surface area (Å²) in [5, 5.41) is 0. The molecule has 1 saturated heterocycles. The van der Waals surface area contributed by atoms with Crippen molar-refractivity contribution in [2.24, 2.45) is 23.7 Å². The van der Waals surface area contributed by atoms with Crippen LogP contribution in [0.15, 0.2) is 0 Å². The summed E-state index contributed by atoms with van der Waals surface area (Å²) in [7, 11) is 1.67. The van der Waals surface area contributed by atoms with E-state index in [1.807, 2.05) is 0 Å². The van der Waals surface area contributed by atoms with Crippen LogP contribution >= 0.6 is 0 Å². The Morgan fingerprint density at radius 3 is 1.86 bits per heavy atom. The number of amides is 1. The van der Waals surface area contributed by atoms with E-state index in [1.54, 1.807) is 11.9 Å². The molecule has 214 valence electrons. The number of halogens is 6. The number of piperazine rings is 1. The van der Waals surface area contributed by atoms with E-state index in [1.165, 1.54) is 25.7 Å². The molecule has 0 spiro atoms. The molecule has 0 N–H and O–H groups in total. The van der Waals surface area contributed by atoms with Gasteiger partial charge in [-0.2, -0.15) is 26.3 Å². The SMILES string of the molecule is CN(CCC1CC(C(F)(F)F)CC(C(F)(F)F)C1)C(=O)C(C1CCCCC1)N1CCN(C2CCC2)CC1. The van der Waals surface area contributed by atoms with E-state index < -0.39 is 36.5 Å². The molecule has 4 rings (SSSR count). The Bertz CT molecular complexity index is 719. The fourth-order valence-corrected chi connectivity index (χ4v) is 7.16. The van der Waals surface area contributed by atoms with Crippen LogP contribution in [0.2, 0.25) is 0 Å². The highest BCUT2D eigenvalue weighted by molar-refractivity contribution is 5.82. The van der Waals surface area contributed by atoms with Gasteiger partial charge in [-0.1, -0.05) is 25.7 Å². The van der Waals surface area contributed by atoms with Gasteiger partial charge in [-0.05, 0) is 63.2 Å². The van der Waals surface area contributed by atoms with E-state index in [4.69, 9.17) is 0 Å². The van der Waals surface area contributed by atoms with Crippen LogP contribution in [0.5, 0.6) is 0 Å². The summed E-state index contributed by atoms with van der Waals surface area (Å²) in [5.41, 5.74) is 0. The van der Waals surface area contributed by atoms with Crippen LogP contribution in [0.3, 0.4) is 0 Å². The maximum absolute atomic E-state index is 13.8. The molecule has 1 amide bonds. The second kappa shape index (κ2) is 12.0. The quantitative estimate of drug-likeness (QED) is 0.365. The number of likely N-dealkylation sites (N-methyl/N-ethyl adjacent to an activating group) is 1. The molecule has 3 unspecified atom stereocenters. The summed E-state index contributed by atoms with van der Waals surface area (Å²) in [5.74, 6) is -4.31. The van der Waals surface area contributed by atoms with Gasteiger partial charge >= 0.3 is 12.4 Å². The minimum atomic E-state index is -4.63. The van der Waals surface area contributed by atoms with Crippen LogP contribution in [-0.4, -0.2) is 84.8 Å². The topological polar surface area (TPSA) is 26.8 Å². The summed E-state index contributed by atoms with van der Waals surface area (Å²) in [6.07, 6.45) is -1.39. The van der Waals surface area contributed by atoms with Crippen molar-refractivity contribution in [1.82, 2.24) is 14.7 Å². The summed E-state index contributed by atoms with van der Waals surface area (Å²) in [6.45, 7) is 3.76. The zero-order valence-electron chi connectivity index (χ0n) is 22.0. The van der Waals surface area contributed by atoms with Crippen LogP contribution in [0.25, 0.3) is 0 Å². The van der Waals surface area contributed by atoms with Crippen molar-refractivity contribution in [3.8, 4) is 0 Å². The molecule has 1 aliphatic heterocycles. The third kappa shape index (κ3) is 7.34. The second-order valence-electron chi connectivity index (χ2n) is 12.1. The van der Waals surface area contributed by atoms with Crippen molar-refractivity contribution in [3.63, 3.8) is 0 Å². The number of hydrogen-bond acceptors (Lipinski definition) is 3. The molecule has 0 aromatic carbocycles. The molecule has 3 atom stereocenters. The first kappa shape index (κ1) is 29.0. The van der Waals surface area contributed by atoms with E-state index in [0.29, 0.717) is 6.04 Å². The third-order valence-corrected chi connectivity index (χ3v) is 9.66. The monoisotopic (exact) mass is 539 g/mol. The lowest BCUT2D eigenvalue weighted by molar-refractivity contribution is -0.229. The molecule has 4 fully saturated rings. The molecule has 10 heteroatoms. The molecule has 0 bridgehead atoms. The number of rotatable bonds is 7. The van der Waals surface area contributed by atoms with Crippen molar-refractivity contribution in [3.05, 3.63) is 0 Å². The van der Waals surface area contributed by atoms with Crippen molar-refractivity contribution < 1.29 is 31.1 Å². The molecule has 0 aromatic rings. The van der Waals surface area contributed by atoms with E-state index >= 15 is 0 Å². The van der Waals surface area contributed by atoms with Gasteiger partial charge in [0.05, 0.1) is 17.9 Å². The molecule has 37 heavy (non-hydrogen) atoms. The molecule has 0 aromatic heterocycles. The Morgan fingerprint density at radius 2 is 1.38 bits per heavy atom. The zero-order valence-corrected chi connectivity index (χ0v) is 22.0. The lowest BCUT2D eigenvalue weighted by atomic mass is 9.73. The number of carbonyl (C=O) groups excluding carboxylic acids is 1. The van der Waals surface area contributed by atoms with Gasteiger partial charge < -0.3 is 4.90 Å². The Morgan fingerprint density at radius 1 is 0.811 bits per heavy atom. The van der Waals surface area contributed by atoms with Gasteiger partial charge in [-0.25, -0.2) is 0 Å². The third-order valence-electron chi connectivity index (χ3n) is 9.66. The van der Waals surface area contributed by atoms with Crippen LogP contribution in [0.1, 0.15) is 77.0 Å². The maximum Gasteiger partial charge on any atom is 0.391 e. The van der Waals surface area contributed by atoms with Crippen molar-refractivity contribution in [2.45, 2.75) is 101 Å². The van der Waals surface area contributed by atoms with Gasteiger partial charge in [0.15, 0.2) is 0 Å². The molecule has 4 nitrogen and oxygen atoms in total. The Hall–Kier alpha value is -1.03. The first-order valence-electron chi connectivity index (χ1n) is 14.3. The highest BCUT2D eigenvalue weighted by Crippen LogP contribution is 2.48. The summed E-state index contributed by atoms with van der Waals surface area (Å²) in [6, 6.07) is 0.427. The predicted octanol–water partition coefficient (Wildman–Crippen LogP) is 6.11. The Balaban J connectivity index is 1.37. The fraction of sp³-hybridized carbons (Fsp3) is 0.963. The highest BCUT2D eigenvalue weighted by atomic mass is 19.4. The van der Waals surface area contributed by atoms with Crippen LogP contribution < -0.4 is 0 Å². The largest absolute Gasteiger partial charge is 0.391 e. The average molecular weight is 540 g/mol. The highest BCUT2D eigenvalue weighted by Gasteiger charge is 2.51. The number of hydrogen-bond donors (Lipinski definition) is 0. The van der Waals surface area contributed by atoms with Gasteiger partial charge in [0.2, 0.25) is 5.91 Å². The van der Waals surface area contributed by atoms with E-state index in [-0.39, 0.29) is 43.7 Å². The lowest BCUT2D eigenvalue weighted by Crippen LogP contribution is -2.59. The van der Waals surface area contributed by atoms with Crippen molar-refractivity contribution in [1.29, 1.82) is 0 Å².